The van der Waals surface area contributed by atoms with Crippen molar-refractivity contribution in [3.63, 3.8) is 0 Å². The Morgan fingerprint density at radius 3 is 2.16 bits per heavy atom. The van der Waals surface area contributed by atoms with Crippen molar-refractivity contribution < 1.29 is 21.9 Å². The Labute approximate surface area is 145 Å². The summed E-state index contributed by atoms with van der Waals surface area (Å²) in [5.41, 5.74) is 0.911. The highest BCUT2D eigenvalue weighted by molar-refractivity contribution is 7.89. The zero-order valence-corrected chi connectivity index (χ0v) is 14.5. The molecule has 1 saturated heterocycles. The van der Waals surface area contributed by atoms with Gasteiger partial charge in [0.25, 0.3) is 0 Å². The molecule has 0 spiro atoms. The topological polar surface area (TPSA) is 49.9 Å². The first kappa shape index (κ1) is 17.6. The molecule has 8 heteroatoms. The Morgan fingerprint density at radius 1 is 0.960 bits per heavy atom. The Kier molecular flexibility index (Phi) is 4.91. The highest BCUT2D eigenvalue weighted by Crippen LogP contribution is 2.26. The molecule has 1 aliphatic heterocycles. The first-order valence-electron chi connectivity index (χ1n) is 7.76. The number of sulfonamides is 1. The van der Waals surface area contributed by atoms with E-state index >= 15 is 0 Å². The molecule has 0 amide bonds. The molecule has 1 heterocycles. The summed E-state index contributed by atoms with van der Waals surface area (Å²) in [4.78, 5) is 1.12. The summed E-state index contributed by atoms with van der Waals surface area (Å²) >= 11 is 0. The number of anilines is 1. The average Bonchev–Trinajstić information content (AvgIpc) is 2.61. The number of rotatable bonds is 4. The molecule has 0 N–H and O–H groups in total. The van der Waals surface area contributed by atoms with E-state index in [4.69, 9.17) is 4.74 Å². The molecule has 25 heavy (non-hydrogen) atoms. The van der Waals surface area contributed by atoms with Crippen molar-refractivity contribution in [2.45, 2.75) is 4.90 Å². The van der Waals surface area contributed by atoms with E-state index in [1.807, 2.05) is 29.2 Å². The van der Waals surface area contributed by atoms with E-state index in [2.05, 4.69) is 0 Å². The number of halogens is 2. The zero-order chi connectivity index (χ0) is 18.0. The van der Waals surface area contributed by atoms with Gasteiger partial charge in [0.1, 0.15) is 17.4 Å². The predicted octanol–water partition coefficient (Wildman–Crippen LogP) is 2.48. The molecular formula is C17H18F2N2O3S. The smallest absolute Gasteiger partial charge is 0.249 e. The van der Waals surface area contributed by atoms with E-state index in [1.54, 1.807) is 7.11 Å². The SMILES string of the molecule is COc1cccc(N2CCN(S(=O)(=O)c3c(F)cccc3F)CC2)c1. The first-order chi connectivity index (χ1) is 11.9. The fraction of sp³-hybridized carbons (Fsp3) is 0.294. The van der Waals surface area contributed by atoms with Gasteiger partial charge < -0.3 is 9.64 Å². The number of hydrogen-bond donors (Lipinski definition) is 0. The van der Waals surface area contributed by atoms with E-state index in [0.717, 1.165) is 28.2 Å². The van der Waals surface area contributed by atoms with E-state index in [-0.39, 0.29) is 13.1 Å². The summed E-state index contributed by atoms with van der Waals surface area (Å²) in [6, 6.07) is 10.5. The lowest BCUT2D eigenvalue weighted by Gasteiger charge is -2.35. The summed E-state index contributed by atoms with van der Waals surface area (Å²) in [6.07, 6.45) is 0. The van der Waals surface area contributed by atoms with Gasteiger partial charge >= 0.3 is 0 Å². The second-order valence-corrected chi connectivity index (χ2v) is 7.52. The molecule has 0 bridgehead atoms. The van der Waals surface area contributed by atoms with Crippen molar-refractivity contribution in [3.05, 3.63) is 54.1 Å². The Morgan fingerprint density at radius 2 is 1.56 bits per heavy atom. The van der Waals surface area contributed by atoms with Gasteiger partial charge in [-0.2, -0.15) is 4.31 Å². The average molecular weight is 368 g/mol. The number of methoxy groups -OCH3 is 1. The number of ether oxygens (including phenoxy) is 1. The lowest BCUT2D eigenvalue weighted by atomic mass is 10.2. The Balaban J connectivity index is 1.77. The van der Waals surface area contributed by atoms with Crippen molar-refractivity contribution in [2.75, 3.05) is 38.2 Å². The fourth-order valence-electron chi connectivity index (χ4n) is 2.85. The van der Waals surface area contributed by atoms with Gasteiger partial charge in [-0.3, -0.25) is 0 Å². The van der Waals surface area contributed by atoms with Crippen LogP contribution in [0.4, 0.5) is 14.5 Å². The van der Waals surface area contributed by atoms with E-state index in [9.17, 15) is 17.2 Å². The number of benzene rings is 2. The predicted molar refractivity (Wildman–Crippen MR) is 90.3 cm³/mol. The standard InChI is InChI=1S/C17H18F2N2O3S/c1-24-14-5-2-4-13(12-14)20-8-10-21(11-9-20)25(22,23)17-15(18)6-3-7-16(17)19/h2-7,12H,8-11H2,1H3. The molecule has 0 unspecified atom stereocenters. The van der Waals surface area contributed by atoms with Gasteiger partial charge in [-0.25, -0.2) is 17.2 Å². The molecular weight excluding hydrogens is 350 g/mol. The monoisotopic (exact) mass is 368 g/mol. The van der Waals surface area contributed by atoms with Crippen molar-refractivity contribution >= 4 is 15.7 Å². The quantitative estimate of drug-likeness (QED) is 0.832. The molecule has 1 aliphatic rings. The van der Waals surface area contributed by atoms with Crippen LogP contribution in [0.2, 0.25) is 0 Å². The summed E-state index contributed by atoms with van der Waals surface area (Å²) in [7, 11) is -2.63. The van der Waals surface area contributed by atoms with Crippen LogP contribution in [0.15, 0.2) is 47.4 Å². The van der Waals surface area contributed by atoms with Crippen LogP contribution >= 0.6 is 0 Å². The third-order valence-corrected chi connectivity index (χ3v) is 6.12. The minimum absolute atomic E-state index is 0.146. The van der Waals surface area contributed by atoms with E-state index in [0.29, 0.717) is 18.8 Å². The minimum Gasteiger partial charge on any atom is -0.497 e. The second kappa shape index (κ2) is 6.97. The molecule has 0 aliphatic carbocycles. The molecule has 2 aromatic carbocycles. The third kappa shape index (κ3) is 3.45. The summed E-state index contributed by atoms with van der Waals surface area (Å²) in [5, 5.41) is 0. The maximum atomic E-state index is 13.9. The van der Waals surface area contributed by atoms with Crippen molar-refractivity contribution in [1.29, 1.82) is 0 Å². The van der Waals surface area contributed by atoms with Crippen LogP contribution in [0.1, 0.15) is 0 Å². The molecule has 3 rings (SSSR count). The molecule has 2 aromatic rings. The van der Waals surface area contributed by atoms with E-state index < -0.39 is 26.6 Å². The van der Waals surface area contributed by atoms with Gasteiger partial charge in [0.15, 0.2) is 4.90 Å². The number of nitrogens with zero attached hydrogens (tertiary/aromatic N) is 2. The molecule has 0 atom stereocenters. The summed E-state index contributed by atoms with van der Waals surface area (Å²) in [6.45, 7) is 1.13. The van der Waals surface area contributed by atoms with Crippen molar-refractivity contribution in [3.8, 4) is 5.75 Å². The highest BCUT2D eigenvalue weighted by Gasteiger charge is 2.33. The fourth-order valence-corrected chi connectivity index (χ4v) is 4.38. The molecule has 0 saturated carbocycles. The van der Waals surface area contributed by atoms with Crippen molar-refractivity contribution in [1.82, 2.24) is 4.31 Å². The molecule has 0 aromatic heterocycles. The van der Waals surface area contributed by atoms with Crippen LogP contribution in [0.25, 0.3) is 0 Å². The van der Waals surface area contributed by atoms with E-state index in [1.165, 1.54) is 0 Å². The maximum Gasteiger partial charge on any atom is 0.249 e. The lowest BCUT2D eigenvalue weighted by Crippen LogP contribution is -2.49. The largest absolute Gasteiger partial charge is 0.497 e. The van der Waals surface area contributed by atoms with Gasteiger partial charge in [-0.1, -0.05) is 12.1 Å². The Hall–Kier alpha value is -2.19. The van der Waals surface area contributed by atoms with Gasteiger partial charge in [-0.15, -0.1) is 0 Å². The minimum atomic E-state index is -4.21. The maximum absolute atomic E-state index is 13.9. The van der Waals surface area contributed by atoms with Crippen LogP contribution in [-0.4, -0.2) is 46.0 Å². The van der Waals surface area contributed by atoms with Crippen LogP contribution < -0.4 is 9.64 Å². The van der Waals surface area contributed by atoms with Crippen LogP contribution in [0, 0.1) is 11.6 Å². The van der Waals surface area contributed by atoms with Crippen LogP contribution in [0.5, 0.6) is 5.75 Å². The summed E-state index contributed by atoms with van der Waals surface area (Å²) < 4.78 is 59.2. The number of piperazine rings is 1. The molecule has 0 radical (unpaired) electrons. The van der Waals surface area contributed by atoms with Gasteiger partial charge in [0.2, 0.25) is 10.0 Å². The summed E-state index contributed by atoms with van der Waals surface area (Å²) in [5.74, 6) is -1.44. The molecule has 5 nitrogen and oxygen atoms in total. The van der Waals surface area contributed by atoms with Gasteiger partial charge in [0.05, 0.1) is 7.11 Å². The normalized spacial score (nSPS) is 16.0. The van der Waals surface area contributed by atoms with Gasteiger partial charge in [-0.05, 0) is 24.3 Å². The van der Waals surface area contributed by atoms with Crippen LogP contribution in [-0.2, 0) is 10.0 Å². The second-order valence-electron chi connectivity index (χ2n) is 5.64. The Bertz CT molecular complexity index is 846. The molecule has 134 valence electrons. The number of hydrogen-bond acceptors (Lipinski definition) is 4. The van der Waals surface area contributed by atoms with Gasteiger partial charge in [0, 0.05) is 37.9 Å². The lowest BCUT2D eigenvalue weighted by molar-refractivity contribution is 0.378. The first-order valence-corrected chi connectivity index (χ1v) is 9.20. The third-order valence-electron chi connectivity index (χ3n) is 4.17. The zero-order valence-electron chi connectivity index (χ0n) is 13.7. The van der Waals surface area contributed by atoms with Crippen LogP contribution in [0.3, 0.4) is 0 Å². The molecule has 1 fully saturated rings. The van der Waals surface area contributed by atoms with Crippen molar-refractivity contribution in [2.24, 2.45) is 0 Å². The highest BCUT2D eigenvalue weighted by atomic mass is 32.2.